The quantitative estimate of drug-likeness (QED) is 0.267. The van der Waals surface area contributed by atoms with Gasteiger partial charge in [0.05, 0.1) is 0 Å². The molecule has 0 radical (unpaired) electrons. The number of rotatable bonds is 10. The number of fused-ring (bicyclic) bond motifs is 1. The van der Waals surface area contributed by atoms with Gasteiger partial charge in [-0.15, -0.1) is 0 Å². The maximum absolute atomic E-state index is 13.2. The molecule has 0 spiro atoms. The van der Waals surface area contributed by atoms with E-state index in [9.17, 15) is 4.79 Å². The van der Waals surface area contributed by atoms with Crippen LogP contribution in [0.2, 0.25) is 0 Å². The Kier molecular flexibility index (Phi) is 7.75. The number of carbonyl (C=O) groups excluding carboxylic acids is 1. The molecule has 5 heteroatoms. The van der Waals surface area contributed by atoms with Crippen molar-refractivity contribution in [2.75, 3.05) is 0 Å². The Morgan fingerprint density at radius 3 is 2.56 bits per heavy atom. The predicted molar refractivity (Wildman–Crippen MR) is 145 cm³/mol. The highest BCUT2D eigenvalue weighted by Gasteiger charge is 2.30. The monoisotopic (exact) mass is 480 g/mol. The smallest absolute Gasteiger partial charge is 0.223 e. The van der Waals surface area contributed by atoms with Crippen molar-refractivity contribution in [2.24, 2.45) is 11.8 Å². The van der Waals surface area contributed by atoms with Gasteiger partial charge in [-0.2, -0.15) is 0 Å². The fourth-order valence-electron chi connectivity index (χ4n) is 5.80. The van der Waals surface area contributed by atoms with Gasteiger partial charge in [0.15, 0.2) is 0 Å². The molecule has 5 nitrogen and oxygen atoms in total. The zero-order valence-corrected chi connectivity index (χ0v) is 21.1. The summed E-state index contributed by atoms with van der Waals surface area (Å²) in [6, 6.07) is 19.0. The summed E-state index contributed by atoms with van der Waals surface area (Å²) in [7, 11) is 0. The Morgan fingerprint density at radius 2 is 1.78 bits per heavy atom. The average Bonchev–Trinajstić information content (AvgIpc) is 3.59. The third-order valence-electron chi connectivity index (χ3n) is 7.81. The molecule has 36 heavy (non-hydrogen) atoms. The second-order valence-corrected chi connectivity index (χ2v) is 10.2. The first-order valence-corrected chi connectivity index (χ1v) is 13.4. The van der Waals surface area contributed by atoms with Gasteiger partial charge in [-0.3, -0.25) is 9.78 Å². The summed E-state index contributed by atoms with van der Waals surface area (Å²) in [4.78, 5) is 22.0. The highest BCUT2D eigenvalue weighted by atomic mass is 16.1. The number of carbonyl (C=O) groups is 1. The molecule has 1 amide bonds. The highest BCUT2D eigenvalue weighted by Crippen LogP contribution is 2.36. The van der Waals surface area contributed by atoms with Crippen molar-refractivity contribution < 1.29 is 4.79 Å². The lowest BCUT2D eigenvalue weighted by Gasteiger charge is -2.24. The summed E-state index contributed by atoms with van der Waals surface area (Å²) in [6.45, 7) is 2.85. The van der Waals surface area contributed by atoms with E-state index in [1.807, 2.05) is 24.4 Å². The van der Waals surface area contributed by atoms with Crippen LogP contribution in [-0.2, 0) is 11.3 Å². The van der Waals surface area contributed by atoms with Crippen molar-refractivity contribution in [3.63, 3.8) is 0 Å². The topological polar surface area (TPSA) is 59.8 Å². The standard InChI is InChI=1S/C31H36N4O/c1-23(35-22-29(26-10-3-2-4-11-26)28-15-8-18-33-30(28)35)9-7-14-27(25-12-5-6-13-25)31(36)34-21-24-16-19-32-20-17-24/h2-4,8,10-11,15-20,22-23,25,27H,5-7,9,12-14,21H2,1H3,(H,34,36). The minimum absolute atomic E-state index is 0.0981. The fourth-order valence-corrected chi connectivity index (χ4v) is 5.80. The van der Waals surface area contributed by atoms with Crippen LogP contribution >= 0.6 is 0 Å². The van der Waals surface area contributed by atoms with Gasteiger partial charge in [-0.25, -0.2) is 4.98 Å². The van der Waals surface area contributed by atoms with Crippen molar-refractivity contribution in [2.45, 2.75) is 64.5 Å². The normalized spacial score (nSPS) is 15.7. The molecule has 1 N–H and O–H groups in total. The van der Waals surface area contributed by atoms with Crippen LogP contribution < -0.4 is 5.32 Å². The first kappa shape index (κ1) is 24.2. The van der Waals surface area contributed by atoms with Gasteiger partial charge in [0.1, 0.15) is 5.65 Å². The van der Waals surface area contributed by atoms with Gasteiger partial charge in [-0.1, -0.05) is 49.6 Å². The second kappa shape index (κ2) is 11.5. The van der Waals surface area contributed by atoms with E-state index in [0.29, 0.717) is 18.5 Å². The molecule has 0 saturated heterocycles. The number of nitrogens with one attached hydrogen (secondary N) is 1. The first-order chi connectivity index (χ1) is 17.7. The van der Waals surface area contributed by atoms with Crippen LogP contribution in [0.3, 0.4) is 0 Å². The van der Waals surface area contributed by atoms with Crippen LogP contribution in [0.1, 0.15) is 63.5 Å². The second-order valence-electron chi connectivity index (χ2n) is 10.2. The number of pyridine rings is 2. The summed E-state index contributed by atoms with van der Waals surface area (Å²) in [5.74, 6) is 0.822. The number of benzene rings is 1. The molecule has 1 saturated carbocycles. The molecular formula is C31H36N4O. The van der Waals surface area contributed by atoms with Crippen molar-refractivity contribution >= 4 is 16.9 Å². The van der Waals surface area contributed by atoms with Gasteiger partial charge < -0.3 is 9.88 Å². The minimum Gasteiger partial charge on any atom is -0.352 e. The molecular weight excluding hydrogens is 444 g/mol. The lowest BCUT2D eigenvalue weighted by Crippen LogP contribution is -2.34. The van der Waals surface area contributed by atoms with E-state index in [4.69, 9.17) is 4.98 Å². The van der Waals surface area contributed by atoms with Crippen molar-refractivity contribution in [3.05, 3.63) is 84.9 Å². The number of nitrogens with zero attached hydrogens (tertiary/aromatic N) is 3. The van der Waals surface area contributed by atoms with Crippen molar-refractivity contribution in [3.8, 4) is 11.1 Å². The molecule has 3 heterocycles. The van der Waals surface area contributed by atoms with E-state index in [1.54, 1.807) is 12.4 Å². The Bertz CT molecular complexity index is 1260. The lowest BCUT2D eigenvalue weighted by molar-refractivity contribution is -0.127. The van der Waals surface area contributed by atoms with E-state index in [1.165, 1.54) is 42.2 Å². The molecule has 4 aromatic rings. The van der Waals surface area contributed by atoms with Crippen LogP contribution in [0.4, 0.5) is 0 Å². The molecule has 2 atom stereocenters. The van der Waals surface area contributed by atoms with Crippen molar-refractivity contribution in [1.82, 2.24) is 19.9 Å². The van der Waals surface area contributed by atoms with Gasteiger partial charge in [0.25, 0.3) is 0 Å². The molecule has 2 unspecified atom stereocenters. The molecule has 1 fully saturated rings. The highest BCUT2D eigenvalue weighted by molar-refractivity contribution is 5.94. The molecule has 186 valence electrons. The Balaban J connectivity index is 1.26. The summed E-state index contributed by atoms with van der Waals surface area (Å²) in [6.07, 6.45) is 15.5. The van der Waals surface area contributed by atoms with Crippen molar-refractivity contribution in [1.29, 1.82) is 0 Å². The molecule has 5 rings (SSSR count). The molecule has 0 bridgehead atoms. The first-order valence-electron chi connectivity index (χ1n) is 13.4. The van der Waals surface area contributed by atoms with Gasteiger partial charge in [-0.05, 0) is 73.9 Å². The Hall–Kier alpha value is -3.47. The predicted octanol–water partition coefficient (Wildman–Crippen LogP) is 6.95. The third kappa shape index (κ3) is 5.51. The summed E-state index contributed by atoms with van der Waals surface area (Å²) in [5, 5.41) is 4.40. The van der Waals surface area contributed by atoms with E-state index in [-0.39, 0.29) is 11.8 Å². The van der Waals surface area contributed by atoms with Gasteiger partial charge in [0, 0.05) is 54.2 Å². The number of amides is 1. The van der Waals surface area contributed by atoms with Crippen LogP contribution in [0.25, 0.3) is 22.2 Å². The number of hydrogen-bond donors (Lipinski definition) is 1. The zero-order chi connectivity index (χ0) is 24.7. The molecule has 1 aliphatic carbocycles. The maximum atomic E-state index is 13.2. The fraction of sp³-hybridized carbons (Fsp3) is 0.387. The average molecular weight is 481 g/mol. The minimum atomic E-state index is 0.0981. The van der Waals surface area contributed by atoms with Crippen LogP contribution in [0.5, 0.6) is 0 Å². The van der Waals surface area contributed by atoms with Gasteiger partial charge in [0.2, 0.25) is 5.91 Å². The molecule has 1 aromatic carbocycles. The number of hydrogen-bond acceptors (Lipinski definition) is 3. The molecule has 0 aliphatic heterocycles. The van der Waals surface area contributed by atoms with Crippen LogP contribution in [0.15, 0.2) is 79.4 Å². The SMILES string of the molecule is CC(CCCC(C(=O)NCc1ccncc1)C1CCCC1)n1cc(-c2ccccc2)c2cccnc21. The zero-order valence-electron chi connectivity index (χ0n) is 21.1. The van der Waals surface area contributed by atoms with E-state index in [0.717, 1.165) is 30.5 Å². The Morgan fingerprint density at radius 1 is 1.00 bits per heavy atom. The Labute approximate surface area is 214 Å². The largest absolute Gasteiger partial charge is 0.352 e. The van der Waals surface area contributed by atoms with Crippen LogP contribution in [0, 0.1) is 11.8 Å². The van der Waals surface area contributed by atoms with Gasteiger partial charge >= 0.3 is 0 Å². The van der Waals surface area contributed by atoms with E-state index >= 15 is 0 Å². The summed E-state index contributed by atoms with van der Waals surface area (Å²) in [5.41, 5.74) is 4.57. The van der Waals surface area contributed by atoms with Crippen LogP contribution in [-0.4, -0.2) is 20.4 Å². The van der Waals surface area contributed by atoms with E-state index in [2.05, 4.69) is 64.4 Å². The maximum Gasteiger partial charge on any atom is 0.223 e. The van der Waals surface area contributed by atoms with E-state index < -0.39 is 0 Å². The molecule has 1 aliphatic rings. The summed E-state index contributed by atoms with van der Waals surface area (Å²) >= 11 is 0. The third-order valence-corrected chi connectivity index (χ3v) is 7.81. The summed E-state index contributed by atoms with van der Waals surface area (Å²) < 4.78 is 2.33. The number of aromatic nitrogens is 3. The molecule has 3 aromatic heterocycles. The lowest BCUT2D eigenvalue weighted by atomic mass is 9.85.